The lowest BCUT2D eigenvalue weighted by atomic mass is 9.59. The zero-order chi connectivity index (χ0) is 15.8. The zero-order valence-electron chi connectivity index (χ0n) is 13.0. The molecule has 1 aliphatic heterocycles. The van der Waals surface area contributed by atoms with Crippen molar-refractivity contribution in [3.05, 3.63) is 58.9 Å². The van der Waals surface area contributed by atoms with Crippen LogP contribution in [0.5, 0.6) is 0 Å². The Kier molecular flexibility index (Phi) is 2.45. The fourth-order valence-electron chi connectivity index (χ4n) is 4.71. The number of Topliss-reactive ketones (excluding diaryl/α,β-unsaturated/α-hetero) is 1. The van der Waals surface area contributed by atoms with E-state index in [0.717, 1.165) is 40.3 Å². The van der Waals surface area contributed by atoms with Gasteiger partial charge in [0.2, 0.25) is 5.78 Å². The topological polar surface area (TPSA) is 46.5 Å². The summed E-state index contributed by atoms with van der Waals surface area (Å²) in [6, 6.07) is 12.3. The third-order valence-corrected chi connectivity index (χ3v) is 5.95. The summed E-state index contributed by atoms with van der Waals surface area (Å²) in [4.78, 5) is 13.0. The van der Waals surface area contributed by atoms with E-state index in [2.05, 4.69) is 19.1 Å². The summed E-state index contributed by atoms with van der Waals surface area (Å²) in [6.07, 6.45) is 1.21. The molecule has 0 saturated heterocycles. The Morgan fingerprint density at radius 2 is 1.96 bits per heavy atom. The monoisotopic (exact) mass is 306 g/mol. The molecule has 0 aromatic heterocycles. The number of allylic oxidation sites excluding steroid dienone is 1. The fourth-order valence-corrected chi connectivity index (χ4v) is 4.71. The molecule has 0 bridgehead atoms. The maximum absolute atomic E-state index is 13.0. The predicted octanol–water partition coefficient (Wildman–Crippen LogP) is 3.35. The van der Waals surface area contributed by atoms with Crippen molar-refractivity contribution >= 4 is 16.6 Å². The van der Waals surface area contributed by atoms with Gasteiger partial charge in [-0.25, -0.2) is 0 Å². The summed E-state index contributed by atoms with van der Waals surface area (Å²) in [5.74, 6) is 0.446. The van der Waals surface area contributed by atoms with E-state index in [9.17, 15) is 9.90 Å². The summed E-state index contributed by atoms with van der Waals surface area (Å²) < 4.78 is 5.76. The van der Waals surface area contributed by atoms with Crippen LogP contribution in [0.1, 0.15) is 35.7 Å². The van der Waals surface area contributed by atoms with Gasteiger partial charge in [-0.05, 0) is 46.9 Å². The van der Waals surface area contributed by atoms with Crippen LogP contribution in [0.4, 0.5) is 0 Å². The highest BCUT2D eigenvalue weighted by Gasteiger charge is 2.53. The molecule has 2 aromatic carbocycles. The smallest absolute Gasteiger partial charge is 0.227 e. The van der Waals surface area contributed by atoms with Crippen LogP contribution in [0, 0.1) is 5.92 Å². The van der Waals surface area contributed by atoms with Crippen molar-refractivity contribution in [1.29, 1.82) is 0 Å². The SMILES string of the molecule is C[C@@]12CC[C@@H](O)[C@@H]3COC(=C31)C(=O)c1cc3ccccc3cc12. The highest BCUT2D eigenvalue weighted by atomic mass is 16.5. The molecule has 0 amide bonds. The maximum Gasteiger partial charge on any atom is 0.227 e. The minimum atomic E-state index is -0.398. The second-order valence-corrected chi connectivity index (χ2v) is 7.17. The lowest BCUT2D eigenvalue weighted by molar-refractivity contribution is 0.0631. The number of rotatable bonds is 0. The summed E-state index contributed by atoms with van der Waals surface area (Å²) in [5.41, 5.74) is 2.69. The van der Waals surface area contributed by atoms with E-state index in [1.165, 1.54) is 0 Å². The molecular formula is C20H18O3. The van der Waals surface area contributed by atoms with Crippen molar-refractivity contribution in [2.75, 3.05) is 6.61 Å². The largest absolute Gasteiger partial charge is 0.489 e. The first-order valence-electron chi connectivity index (χ1n) is 8.23. The van der Waals surface area contributed by atoms with Crippen LogP contribution in [0.15, 0.2) is 47.7 Å². The second-order valence-electron chi connectivity index (χ2n) is 7.17. The number of aliphatic hydroxyl groups excluding tert-OH is 1. The average molecular weight is 306 g/mol. The first-order chi connectivity index (χ1) is 11.1. The molecule has 1 saturated carbocycles. The molecule has 116 valence electrons. The molecule has 0 spiro atoms. The molecule has 1 fully saturated rings. The standard InChI is InChI=1S/C20H18O3/c1-20-7-6-16(21)14-10-23-19(17(14)20)18(22)13-8-11-4-2-3-5-12(11)9-15(13)20/h2-5,8-9,14,16,21H,6-7,10H2,1H3/t14-,16+,20-/m0/s1. The second kappa shape index (κ2) is 4.24. The van der Waals surface area contributed by atoms with Crippen LogP contribution in [0.25, 0.3) is 10.8 Å². The maximum atomic E-state index is 13.0. The molecule has 3 heteroatoms. The molecule has 3 nitrogen and oxygen atoms in total. The van der Waals surface area contributed by atoms with E-state index in [1.807, 2.05) is 24.3 Å². The quantitative estimate of drug-likeness (QED) is 0.812. The number of hydrogen-bond acceptors (Lipinski definition) is 3. The van der Waals surface area contributed by atoms with Gasteiger partial charge in [-0.3, -0.25) is 4.79 Å². The van der Waals surface area contributed by atoms with E-state index in [1.54, 1.807) is 0 Å². The van der Waals surface area contributed by atoms with Crippen molar-refractivity contribution in [3.8, 4) is 0 Å². The Morgan fingerprint density at radius 1 is 1.22 bits per heavy atom. The number of ketones is 1. The summed E-state index contributed by atoms with van der Waals surface area (Å²) in [6.45, 7) is 2.64. The molecule has 0 unspecified atom stereocenters. The highest BCUT2D eigenvalue weighted by molar-refractivity contribution is 6.13. The molecule has 1 heterocycles. The molecule has 2 aromatic rings. The Morgan fingerprint density at radius 3 is 2.74 bits per heavy atom. The van der Waals surface area contributed by atoms with Crippen molar-refractivity contribution in [2.45, 2.75) is 31.3 Å². The number of ether oxygens (including phenoxy) is 1. The van der Waals surface area contributed by atoms with Gasteiger partial charge in [-0.1, -0.05) is 31.2 Å². The molecule has 2 aliphatic carbocycles. The lowest BCUT2D eigenvalue weighted by Crippen LogP contribution is -2.43. The van der Waals surface area contributed by atoms with Gasteiger partial charge in [0, 0.05) is 16.9 Å². The summed E-state index contributed by atoms with van der Waals surface area (Å²) >= 11 is 0. The van der Waals surface area contributed by atoms with Crippen LogP contribution in [-0.4, -0.2) is 23.6 Å². The van der Waals surface area contributed by atoms with Crippen molar-refractivity contribution in [2.24, 2.45) is 5.92 Å². The Balaban J connectivity index is 1.83. The van der Waals surface area contributed by atoms with Gasteiger partial charge >= 0.3 is 0 Å². The van der Waals surface area contributed by atoms with Gasteiger partial charge in [0.15, 0.2) is 5.76 Å². The molecule has 3 atom stereocenters. The minimum Gasteiger partial charge on any atom is -0.489 e. The number of benzene rings is 2. The Bertz CT molecular complexity index is 895. The van der Waals surface area contributed by atoms with Crippen LogP contribution in [0.3, 0.4) is 0 Å². The average Bonchev–Trinajstić information content (AvgIpc) is 3.03. The molecule has 5 rings (SSSR count). The predicted molar refractivity (Wildman–Crippen MR) is 87.3 cm³/mol. The number of hydrogen-bond donors (Lipinski definition) is 1. The van der Waals surface area contributed by atoms with Crippen LogP contribution < -0.4 is 0 Å². The first kappa shape index (κ1) is 13.3. The fraction of sp³-hybridized carbons (Fsp3) is 0.350. The lowest BCUT2D eigenvalue weighted by Gasteiger charge is -2.43. The van der Waals surface area contributed by atoms with E-state index in [0.29, 0.717) is 12.4 Å². The number of carbonyl (C=O) groups excluding carboxylic acids is 1. The molecule has 23 heavy (non-hydrogen) atoms. The molecule has 3 aliphatic rings. The Labute approximate surface area is 134 Å². The van der Waals surface area contributed by atoms with E-state index < -0.39 is 6.10 Å². The van der Waals surface area contributed by atoms with Gasteiger partial charge in [0.25, 0.3) is 0 Å². The summed E-state index contributed by atoms with van der Waals surface area (Å²) in [7, 11) is 0. The van der Waals surface area contributed by atoms with Gasteiger partial charge in [-0.2, -0.15) is 0 Å². The molecule has 0 radical (unpaired) electrons. The summed E-state index contributed by atoms with van der Waals surface area (Å²) in [5, 5.41) is 12.6. The van der Waals surface area contributed by atoms with Crippen molar-refractivity contribution in [1.82, 2.24) is 0 Å². The normalized spacial score (nSPS) is 31.8. The number of fused-ring (bicyclic) bond motifs is 3. The van der Waals surface area contributed by atoms with Gasteiger partial charge < -0.3 is 9.84 Å². The van der Waals surface area contributed by atoms with Crippen molar-refractivity contribution in [3.63, 3.8) is 0 Å². The van der Waals surface area contributed by atoms with E-state index >= 15 is 0 Å². The first-order valence-corrected chi connectivity index (χ1v) is 8.23. The highest BCUT2D eigenvalue weighted by Crippen LogP contribution is 2.54. The molecule has 1 N–H and O–H groups in total. The van der Waals surface area contributed by atoms with E-state index in [4.69, 9.17) is 4.74 Å². The van der Waals surface area contributed by atoms with Crippen LogP contribution in [0.2, 0.25) is 0 Å². The van der Waals surface area contributed by atoms with Crippen LogP contribution in [-0.2, 0) is 10.2 Å². The number of aliphatic hydroxyl groups is 1. The van der Waals surface area contributed by atoms with E-state index in [-0.39, 0.29) is 17.1 Å². The minimum absolute atomic E-state index is 0.0187. The van der Waals surface area contributed by atoms with Gasteiger partial charge in [-0.15, -0.1) is 0 Å². The Hall–Kier alpha value is -2.13. The third kappa shape index (κ3) is 1.56. The van der Waals surface area contributed by atoms with Crippen molar-refractivity contribution < 1.29 is 14.6 Å². The van der Waals surface area contributed by atoms with Gasteiger partial charge in [0.05, 0.1) is 12.7 Å². The zero-order valence-corrected chi connectivity index (χ0v) is 13.0. The number of carbonyl (C=O) groups is 1. The van der Waals surface area contributed by atoms with Gasteiger partial charge in [0.1, 0.15) is 0 Å². The van der Waals surface area contributed by atoms with Crippen LogP contribution >= 0.6 is 0 Å². The molecular weight excluding hydrogens is 288 g/mol. The third-order valence-electron chi connectivity index (χ3n) is 5.95.